The molecule has 2 saturated heterocycles. The first kappa shape index (κ1) is 14.8. The van der Waals surface area contributed by atoms with Crippen LogP contribution in [0.1, 0.15) is 26.2 Å². The molecule has 2 fully saturated rings. The molecule has 0 N–H and O–H groups in total. The molecule has 6 heteroatoms. The Balaban J connectivity index is 1.66. The van der Waals surface area contributed by atoms with Gasteiger partial charge in [-0.15, -0.1) is 11.3 Å². The van der Waals surface area contributed by atoms with Gasteiger partial charge < -0.3 is 14.5 Å². The van der Waals surface area contributed by atoms with E-state index in [-0.39, 0.29) is 11.9 Å². The predicted octanol–water partition coefficient (Wildman–Crippen LogP) is 2.00. The van der Waals surface area contributed by atoms with E-state index >= 15 is 0 Å². The van der Waals surface area contributed by atoms with Crippen LogP contribution in [-0.4, -0.2) is 54.7 Å². The van der Waals surface area contributed by atoms with Gasteiger partial charge in [-0.2, -0.15) is 0 Å². The average molecular weight is 309 g/mol. The Morgan fingerprint density at radius 2 is 2.48 bits per heavy atom. The molecule has 21 heavy (non-hydrogen) atoms. The average Bonchev–Trinajstić information content (AvgIpc) is 3.25. The highest BCUT2D eigenvalue weighted by Crippen LogP contribution is 2.28. The van der Waals surface area contributed by atoms with Gasteiger partial charge >= 0.3 is 0 Å². The van der Waals surface area contributed by atoms with Crippen molar-refractivity contribution in [2.75, 3.05) is 37.7 Å². The van der Waals surface area contributed by atoms with Gasteiger partial charge in [-0.1, -0.05) is 0 Å². The minimum Gasteiger partial charge on any atom is -0.381 e. The lowest BCUT2D eigenvalue weighted by atomic mass is 10.1. The van der Waals surface area contributed by atoms with Crippen LogP contribution in [0.5, 0.6) is 0 Å². The second-order valence-corrected chi connectivity index (χ2v) is 6.65. The lowest BCUT2D eigenvalue weighted by Gasteiger charge is -2.30. The summed E-state index contributed by atoms with van der Waals surface area (Å²) in [6.07, 6.45) is 4.90. The zero-order valence-corrected chi connectivity index (χ0v) is 13.3. The number of hydrogen-bond donors (Lipinski definition) is 0. The highest BCUT2D eigenvalue weighted by molar-refractivity contribution is 7.13. The van der Waals surface area contributed by atoms with Crippen molar-refractivity contribution >= 4 is 22.4 Å². The van der Waals surface area contributed by atoms with Gasteiger partial charge in [-0.05, 0) is 26.2 Å². The van der Waals surface area contributed by atoms with Gasteiger partial charge in [0.05, 0.1) is 6.61 Å². The minimum atomic E-state index is -0.0292. The second-order valence-electron chi connectivity index (χ2n) is 5.77. The maximum Gasteiger partial charge on any atom is 0.245 e. The van der Waals surface area contributed by atoms with Crippen LogP contribution in [0, 0.1) is 5.92 Å². The van der Waals surface area contributed by atoms with Gasteiger partial charge in [0.1, 0.15) is 6.04 Å². The van der Waals surface area contributed by atoms with Crippen molar-refractivity contribution in [3.63, 3.8) is 0 Å². The van der Waals surface area contributed by atoms with Crippen LogP contribution < -0.4 is 4.90 Å². The zero-order valence-electron chi connectivity index (χ0n) is 12.5. The normalized spacial score (nSPS) is 25.5. The van der Waals surface area contributed by atoms with Crippen molar-refractivity contribution in [1.82, 2.24) is 9.88 Å². The first-order chi connectivity index (χ1) is 10.3. The smallest absolute Gasteiger partial charge is 0.245 e. The number of anilines is 1. The maximum atomic E-state index is 12.9. The van der Waals surface area contributed by atoms with Crippen molar-refractivity contribution in [3.05, 3.63) is 11.6 Å². The summed E-state index contributed by atoms with van der Waals surface area (Å²) in [4.78, 5) is 21.5. The molecule has 116 valence electrons. The van der Waals surface area contributed by atoms with Crippen LogP contribution in [0.15, 0.2) is 11.6 Å². The van der Waals surface area contributed by atoms with E-state index in [9.17, 15) is 4.79 Å². The fraction of sp³-hybridized carbons (Fsp3) is 0.733. The minimum absolute atomic E-state index is 0.0292. The Bertz CT molecular complexity index is 459. The van der Waals surface area contributed by atoms with Gasteiger partial charge in [0.2, 0.25) is 5.91 Å². The third kappa shape index (κ3) is 3.21. The molecule has 3 rings (SSSR count). The summed E-state index contributed by atoms with van der Waals surface area (Å²) in [7, 11) is 0. The topological polar surface area (TPSA) is 45.7 Å². The Morgan fingerprint density at radius 3 is 3.14 bits per heavy atom. The number of carbonyl (C=O) groups excluding carboxylic acids is 1. The number of aromatic nitrogens is 1. The molecule has 1 aromatic heterocycles. The van der Waals surface area contributed by atoms with Crippen LogP contribution in [0.2, 0.25) is 0 Å². The molecule has 5 nitrogen and oxygen atoms in total. The van der Waals surface area contributed by atoms with Crippen molar-refractivity contribution in [1.29, 1.82) is 0 Å². The van der Waals surface area contributed by atoms with Crippen LogP contribution in [-0.2, 0) is 9.53 Å². The molecule has 2 aliphatic heterocycles. The van der Waals surface area contributed by atoms with Gasteiger partial charge in [0.15, 0.2) is 5.13 Å². The Hall–Kier alpha value is -1.14. The van der Waals surface area contributed by atoms with E-state index in [0.717, 1.165) is 57.2 Å². The second kappa shape index (κ2) is 6.75. The van der Waals surface area contributed by atoms with Crippen molar-refractivity contribution in [3.8, 4) is 0 Å². The monoisotopic (exact) mass is 309 g/mol. The summed E-state index contributed by atoms with van der Waals surface area (Å²) in [5, 5.41) is 2.95. The Labute approximate surface area is 129 Å². The van der Waals surface area contributed by atoms with E-state index in [4.69, 9.17) is 4.74 Å². The number of nitrogens with zero attached hydrogens (tertiary/aromatic N) is 3. The molecule has 0 radical (unpaired) electrons. The van der Waals surface area contributed by atoms with Crippen LogP contribution in [0.25, 0.3) is 0 Å². The molecule has 0 aliphatic carbocycles. The molecule has 0 aromatic carbocycles. The first-order valence-corrected chi connectivity index (χ1v) is 8.70. The molecule has 3 heterocycles. The van der Waals surface area contributed by atoms with E-state index in [0.29, 0.717) is 5.92 Å². The van der Waals surface area contributed by atoms with E-state index in [2.05, 4.69) is 16.8 Å². The molecule has 0 saturated carbocycles. The molecule has 1 aromatic rings. The van der Waals surface area contributed by atoms with Crippen molar-refractivity contribution < 1.29 is 9.53 Å². The van der Waals surface area contributed by atoms with E-state index in [1.54, 1.807) is 11.3 Å². The quantitative estimate of drug-likeness (QED) is 0.834. The standard InChI is InChI=1S/C15H23N3O2S/c1-2-17(10-12-5-8-20-11-12)14(19)13-4-3-7-18(13)15-16-6-9-21-15/h6,9,12-13H,2-5,7-8,10-11H2,1H3/t12-,13-/m0/s1. The molecule has 0 bridgehead atoms. The highest BCUT2D eigenvalue weighted by atomic mass is 32.1. The summed E-state index contributed by atoms with van der Waals surface area (Å²) < 4.78 is 5.43. The largest absolute Gasteiger partial charge is 0.381 e. The Kier molecular flexibility index (Phi) is 4.75. The summed E-state index contributed by atoms with van der Waals surface area (Å²) in [6.45, 7) is 6.25. The number of hydrogen-bond acceptors (Lipinski definition) is 5. The Morgan fingerprint density at radius 1 is 1.57 bits per heavy atom. The fourth-order valence-electron chi connectivity index (χ4n) is 3.23. The van der Waals surface area contributed by atoms with Crippen LogP contribution >= 0.6 is 11.3 Å². The van der Waals surface area contributed by atoms with Crippen molar-refractivity contribution in [2.24, 2.45) is 5.92 Å². The first-order valence-electron chi connectivity index (χ1n) is 7.82. The SMILES string of the molecule is CCN(C[C@@H]1CCOC1)C(=O)[C@@H]1CCCN1c1nccs1. The lowest BCUT2D eigenvalue weighted by molar-refractivity contribution is -0.132. The predicted molar refractivity (Wildman–Crippen MR) is 83.7 cm³/mol. The number of thiazole rings is 1. The summed E-state index contributed by atoms with van der Waals surface area (Å²) in [6, 6.07) is -0.0292. The van der Waals surface area contributed by atoms with Gasteiger partial charge in [-0.25, -0.2) is 4.98 Å². The molecule has 2 aliphatic rings. The molecular formula is C15H23N3O2S. The summed E-state index contributed by atoms with van der Waals surface area (Å²) in [5.41, 5.74) is 0. The molecular weight excluding hydrogens is 286 g/mol. The highest BCUT2D eigenvalue weighted by Gasteiger charge is 2.35. The maximum absolute atomic E-state index is 12.9. The summed E-state index contributed by atoms with van der Waals surface area (Å²) >= 11 is 1.62. The number of rotatable bonds is 5. The summed E-state index contributed by atoms with van der Waals surface area (Å²) in [5.74, 6) is 0.765. The fourth-order valence-corrected chi connectivity index (χ4v) is 3.95. The van der Waals surface area contributed by atoms with Crippen LogP contribution in [0.4, 0.5) is 5.13 Å². The lowest BCUT2D eigenvalue weighted by Crippen LogP contribution is -2.47. The van der Waals surface area contributed by atoms with Gasteiger partial charge in [-0.3, -0.25) is 4.79 Å². The van der Waals surface area contributed by atoms with E-state index < -0.39 is 0 Å². The number of amides is 1. The molecule has 1 amide bonds. The van der Waals surface area contributed by atoms with Gasteiger partial charge in [0, 0.05) is 43.7 Å². The molecule has 0 spiro atoms. The van der Waals surface area contributed by atoms with E-state index in [1.807, 2.05) is 16.5 Å². The van der Waals surface area contributed by atoms with Gasteiger partial charge in [0.25, 0.3) is 0 Å². The number of carbonyl (C=O) groups is 1. The van der Waals surface area contributed by atoms with E-state index in [1.165, 1.54) is 0 Å². The third-order valence-electron chi connectivity index (χ3n) is 4.40. The molecule has 0 unspecified atom stereocenters. The van der Waals surface area contributed by atoms with Crippen molar-refractivity contribution in [2.45, 2.75) is 32.2 Å². The number of likely N-dealkylation sites (N-methyl/N-ethyl adjacent to an activating group) is 1. The number of ether oxygens (including phenoxy) is 1. The molecule has 2 atom stereocenters. The van der Waals surface area contributed by atoms with Crippen LogP contribution in [0.3, 0.4) is 0 Å². The third-order valence-corrected chi connectivity index (χ3v) is 5.21. The zero-order chi connectivity index (χ0) is 14.7.